The van der Waals surface area contributed by atoms with Crippen LogP contribution in [-0.2, 0) is 20.9 Å². The van der Waals surface area contributed by atoms with Crippen molar-refractivity contribution in [2.75, 3.05) is 13.2 Å². The maximum atomic E-state index is 11.6. The highest BCUT2D eigenvalue weighted by molar-refractivity contribution is 6.35. The molecule has 2 aromatic rings. The molecule has 0 unspecified atom stereocenters. The number of nitrogens with one attached hydrogen (secondary N) is 2. The van der Waals surface area contributed by atoms with E-state index >= 15 is 0 Å². The first kappa shape index (κ1) is 20.5. The Labute approximate surface area is 165 Å². The number of hydrogen-bond donors (Lipinski definition) is 2. The van der Waals surface area contributed by atoms with Crippen LogP contribution in [-0.4, -0.2) is 31.1 Å². The summed E-state index contributed by atoms with van der Waals surface area (Å²) in [6.07, 6.45) is 0. The topological polar surface area (TPSA) is 93.7 Å². The molecular weight excluding hydrogens is 395 g/mol. The number of hydrogen-bond acceptors (Lipinski definition) is 5. The van der Waals surface area contributed by atoms with Crippen LogP contribution in [0, 0.1) is 0 Å². The van der Waals surface area contributed by atoms with Crippen molar-refractivity contribution in [2.45, 2.75) is 6.54 Å². The molecule has 2 N–H and O–H groups in total. The fourth-order valence-corrected chi connectivity index (χ4v) is 2.36. The van der Waals surface area contributed by atoms with Crippen molar-refractivity contribution in [3.8, 4) is 5.75 Å². The molecule has 0 heterocycles. The number of carbonyl (C=O) groups excluding carboxylic acids is 3. The van der Waals surface area contributed by atoms with E-state index in [1.165, 1.54) is 12.1 Å². The standard InChI is InChI=1S/C18H16Cl2N2O5/c19-13-6-7-15(14(20)8-13)26-11-17(24)27-10-16(23)22-18(25)21-9-12-4-2-1-3-5-12/h1-8H,9-11H2,(H2,21,22,23,25). The first-order valence-corrected chi connectivity index (χ1v) is 8.54. The zero-order valence-corrected chi connectivity index (χ0v) is 15.5. The second kappa shape index (κ2) is 10.4. The number of halogens is 2. The van der Waals surface area contributed by atoms with Crippen LogP contribution in [0.1, 0.15) is 5.56 Å². The van der Waals surface area contributed by atoms with Crippen LogP contribution < -0.4 is 15.4 Å². The summed E-state index contributed by atoms with van der Waals surface area (Å²) in [5.41, 5.74) is 0.879. The molecule has 0 fully saturated rings. The Morgan fingerprint density at radius 1 is 0.963 bits per heavy atom. The van der Waals surface area contributed by atoms with Crippen molar-refractivity contribution in [1.82, 2.24) is 10.6 Å². The summed E-state index contributed by atoms with van der Waals surface area (Å²) >= 11 is 11.7. The van der Waals surface area contributed by atoms with Gasteiger partial charge in [-0.15, -0.1) is 0 Å². The van der Waals surface area contributed by atoms with Gasteiger partial charge in [0.15, 0.2) is 13.2 Å². The number of imide groups is 1. The molecule has 0 atom stereocenters. The van der Waals surface area contributed by atoms with Crippen LogP contribution in [0.3, 0.4) is 0 Å². The van der Waals surface area contributed by atoms with Gasteiger partial charge in [-0.1, -0.05) is 53.5 Å². The zero-order chi connectivity index (χ0) is 19.6. The average Bonchev–Trinajstić information content (AvgIpc) is 2.65. The number of amides is 3. The van der Waals surface area contributed by atoms with Gasteiger partial charge in [0.25, 0.3) is 5.91 Å². The molecule has 2 rings (SSSR count). The molecule has 0 saturated carbocycles. The van der Waals surface area contributed by atoms with Gasteiger partial charge in [0.05, 0.1) is 5.02 Å². The van der Waals surface area contributed by atoms with Gasteiger partial charge < -0.3 is 14.8 Å². The normalized spacial score (nSPS) is 10.0. The summed E-state index contributed by atoms with van der Waals surface area (Å²) in [6, 6.07) is 13.0. The van der Waals surface area contributed by atoms with Crippen molar-refractivity contribution in [3.05, 3.63) is 64.1 Å². The average molecular weight is 411 g/mol. The lowest BCUT2D eigenvalue weighted by atomic mass is 10.2. The van der Waals surface area contributed by atoms with Crippen molar-refractivity contribution in [3.63, 3.8) is 0 Å². The first-order chi connectivity index (χ1) is 12.9. The highest BCUT2D eigenvalue weighted by Gasteiger charge is 2.12. The summed E-state index contributed by atoms with van der Waals surface area (Å²) in [4.78, 5) is 34.8. The second-order valence-corrected chi connectivity index (χ2v) is 6.08. The van der Waals surface area contributed by atoms with Crippen molar-refractivity contribution in [1.29, 1.82) is 0 Å². The van der Waals surface area contributed by atoms with Gasteiger partial charge in [0.1, 0.15) is 5.75 Å². The van der Waals surface area contributed by atoms with E-state index in [0.717, 1.165) is 5.56 Å². The Morgan fingerprint density at radius 2 is 1.70 bits per heavy atom. The predicted octanol–water partition coefficient (Wildman–Crippen LogP) is 2.94. The minimum Gasteiger partial charge on any atom is -0.480 e. The Morgan fingerprint density at radius 3 is 2.41 bits per heavy atom. The molecule has 0 aliphatic heterocycles. The summed E-state index contributed by atoms with van der Waals surface area (Å²) < 4.78 is 9.91. The smallest absolute Gasteiger partial charge is 0.344 e. The summed E-state index contributed by atoms with van der Waals surface area (Å²) in [5.74, 6) is -1.30. The molecule has 0 aromatic heterocycles. The molecule has 0 saturated heterocycles. The molecule has 142 valence electrons. The van der Waals surface area contributed by atoms with Gasteiger partial charge in [0, 0.05) is 11.6 Å². The van der Waals surface area contributed by atoms with E-state index in [9.17, 15) is 14.4 Å². The van der Waals surface area contributed by atoms with Crippen LogP contribution >= 0.6 is 23.2 Å². The van der Waals surface area contributed by atoms with E-state index in [1.807, 2.05) is 30.3 Å². The van der Waals surface area contributed by atoms with Crippen LogP contribution in [0.15, 0.2) is 48.5 Å². The van der Waals surface area contributed by atoms with Crippen molar-refractivity contribution in [2.24, 2.45) is 0 Å². The number of carbonyl (C=O) groups is 3. The molecule has 0 aliphatic rings. The lowest BCUT2D eigenvalue weighted by molar-refractivity contribution is -0.150. The Balaban J connectivity index is 1.65. The monoisotopic (exact) mass is 410 g/mol. The molecule has 0 bridgehead atoms. The summed E-state index contributed by atoms with van der Waals surface area (Å²) in [5, 5.41) is 5.23. The third kappa shape index (κ3) is 7.55. The number of rotatable bonds is 7. The third-order valence-electron chi connectivity index (χ3n) is 3.15. The Hall–Kier alpha value is -2.77. The maximum absolute atomic E-state index is 11.6. The van der Waals surface area contributed by atoms with Gasteiger partial charge >= 0.3 is 12.0 Å². The maximum Gasteiger partial charge on any atom is 0.344 e. The molecular formula is C18H16Cl2N2O5. The van der Waals surface area contributed by atoms with E-state index in [1.54, 1.807) is 6.07 Å². The number of ether oxygens (including phenoxy) is 2. The Bertz CT molecular complexity index is 815. The fourth-order valence-electron chi connectivity index (χ4n) is 1.90. The molecule has 0 spiro atoms. The molecule has 3 amide bonds. The van der Waals surface area contributed by atoms with E-state index < -0.39 is 31.1 Å². The van der Waals surface area contributed by atoms with Crippen LogP contribution in [0.4, 0.5) is 4.79 Å². The minimum absolute atomic E-state index is 0.239. The molecule has 0 radical (unpaired) electrons. The molecule has 27 heavy (non-hydrogen) atoms. The van der Waals surface area contributed by atoms with Gasteiger partial charge in [-0.25, -0.2) is 9.59 Å². The first-order valence-electron chi connectivity index (χ1n) is 7.79. The minimum atomic E-state index is -0.791. The van der Waals surface area contributed by atoms with Crippen LogP contribution in [0.25, 0.3) is 0 Å². The summed E-state index contributed by atoms with van der Waals surface area (Å²) in [6.45, 7) is -0.806. The quantitative estimate of drug-likeness (QED) is 0.684. The zero-order valence-electron chi connectivity index (χ0n) is 14.0. The van der Waals surface area contributed by atoms with Gasteiger partial charge in [0.2, 0.25) is 0 Å². The molecule has 0 aliphatic carbocycles. The highest BCUT2D eigenvalue weighted by atomic mass is 35.5. The molecule has 7 nitrogen and oxygen atoms in total. The van der Waals surface area contributed by atoms with Crippen molar-refractivity contribution < 1.29 is 23.9 Å². The van der Waals surface area contributed by atoms with Crippen molar-refractivity contribution >= 4 is 41.1 Å². The second-order valence-electron chi connectivity index (χ2n) is 5.24. The lowest BCUT2D eigenvalue weighted by Gasteiger charge is -2.09. The van der Waals surface area contributed by atoms with E-state index in [4.69, 9.17) is 32.7 Å². The molecule has 9 heteroatoms. The number of benzene rings is 2. The van der Waals surface area contributed by atoms with E-state index in [2.05, 4.69) is 10.6 Å². The van der Waals surface area contributed by atoms with E-state index in [-0.39, 0.29) is 17.3 Å². The van der Waals surface area contributed by atoms with Crippen LogP contribution in [0.2, 0.25) is 10.0 Å². The van der Waals surface area contributed by atoms with E-state index in [0.29, 0.717) is 5.02 Å². The number of esters is 1. The Kier molecular flexibility index (Phi) is 7.91. The largest absolute Gasteiger partial charge is 0.480 e. The van der Waals surface area contributed by atoms with Gasteiger partial charge in [-0.3, -0.25) is 10.1 Å². The SMILES string of the molecule is O=C(COC(=O)COc1ccc(Cl)cc1Cl)NC(=O)NCc1ccccc1. The fraction of sp³-hybridized carbons (Fsp3) is 0.167. The lowest BCUT2D eigenvalue weighted by Crippen LogP contribution is -2.41. The van der Waals surface area contributed by atoms with Gasteiger partial charge in [-0.2, -0.15) is 0 Å². The predicted molar refractivity (Wildman–Crippen MR) is 99.7 cm³/mol. The van der Waals surface area contributed by atoms with Crippen LogP contribution in [0.5, 0.6) is 5.75 Å². The third-order valence-corrected chi connectivity index (χ3v) is 3.68. The molecule has 2 aromatic carbocycles. The highest BCUT2D eigenvalue weighted by Crippen LogP contribution is 2.27. The number of urea groups is 1. The van der Waals surface area contributed by atoms with Gasteiger partial charge in [-0.05, 0) is 23.8 Å². The summed E-state index contributed by atoms with van der Waals surface area (Å²) in [7, 11) is 0.